The van der Waals surface area contributed by atoms with E-state index in [1.165, 1.54) is 186 Å². The van der Waals surface area contributed by atoms with Crippen molar-refractivity contribution in [3.63, 3.8) is 0 Å². The van der Waals surface area contributed by atoms with Crippen LogP contribution in [0.25, 0.3) is 0 Å². The average Bonchev–Trinajstić information content (AvgIpc) is 0.924. The lowest BCUT2D eigenvalue weighted by molar-refractivity contribution is -0.161. The molecule has 5 atom stereocenters. The molecule has 0 fully saturated rings. The Bertz CT molecular complexity index is 2030. The smallest absolute Gasteiger partial charge is 0.462 e. The average molecular weight is 1460 g/mol. The molecule has 0 aromatic carbocycles. The maximum Gasteiger partial charge on any atom is 0.472 e. The minimum atomic E-state index is -4.97. The summed E-state index contributed by atoms with van der Waals surface area (Å²) >= 11 is 0. The van der Waals surface area contributed by atoms with Gasteiger partial charge in [-0.05, 0) is 69.1 Å². The van der Waals surface area contributed by atoms with Crippen molar-refractivity contribution in [1.82, 2.24) is 0 Å². The summed E-state index contributed by atoms with van der Waals surface area (Å²) in [5.41, 5.74) is 0. The highest BCUT2D eigenvalue weighted by molar-refractivity contribution is 7.47. The normalized spacial score (nSPS) is 14.1. The molecule has 0 spiro atoms. The summed E-state index contributed by atoms with van der Waals surface area (Å²) in [6.45, 7) is 11.8. The third-order valence-electron chi connectivity index (χ3n) is 18.3. The number of ether oxygens (including phenoxy) is 4. The largest absolute Gasteiger partial charge is 0.472 e. The van der Waals surface area contributed by atoms with E-state index in [9.17, 15) is 43.2 Å². The highest BCUT2D eigenvalue weighted by Gasteiger charge is 2.30. The molecule has 0 aromatic rings. The Balaban J connectivity index is 5.23. The van der Waals surface area contributed by atoms with Gasteiger partial charge in [-0.3, -0.25) is 37.3 Å². The van der Waals surface area contributed by atoms with E-state index >= 15 is 0 Å². The Morgan fingerprint density at radius 1 is 0.310 bits per heavy atom. The minimum Gasteiger partial charge on any atom is -0.462 e. The van der Waals surface area contributed by atoms with E-state index in [4.69, 9.17) is 37.0 Å². The van der Waals surface area contributed by atoms with E-state index in [1.807, 2.05) is 0 Å². The number of rotatable bonds is 77. The predicted molar refractivity (Wildman–Crippen MR) is 409 cm³/mol. The fourth-order valence-electron chi connectivity index (χ4n) is 11.9. The molecular formula is C81H154O17P2. The van der Waals surface area contributed by atoms with Crippen LogP contribution in [-0.2, 0) is 65.4 Å². The van der Waals surface area contributed by atoms with Crippen LogP contribution in [0.3, 0.4) is 0 Å². The molecule has 0 aliphatic carbocycles. The number of aliphatic hydroxyl groups excluding tert-OH is 1. The number of aliphatic hydroxyl groups is 1. The second-order valence-electron chi connectivity index (χ2n) is 29.9. The number of phosphoric acid groups is 2. The summed E-state index contributed by atoms with van der Waals surface area (Å²) < 4.78 is 68.6. The van der Waals surface area contributed by atoms with E-state index < -0.39 is 97.5 Å². The van der Waals surface area contributed by atoms with Crippen molar-refractivity contribution in [2.45, 2.75) is 414 Å². The summed E-state index contributed by atoms with van der Waals surface area (Å²) in [7, 11) is -9.93. The first kappa shape index (κ1) is 97.5. The first-order chi connectivity index (χ1) is 48.2. The zero-order valence-corrected chi connectivity index (χ0v) is 66.9. The van der Waals surface area contributed by atoms with E-state index in [1.54, 1.807) is 0 Å². The summed E-state index contributed by atoms with van der Waals surface area (Å²) in [5, 5.41) is 10.6. The minimum absolute atomic E-state index is 0.0838. The third-order valence-corrected chi connectivity index (χ3v) is 20.2. The number of esters is 4. The van der Waals surface area contributed by atoms with Gasteiger partial charge < -0.3 is 33.8 Å². The van der Waals surface area contributed by atoms with Gasteiger partial charge in [-0.15, -0.1) is 0 Å². The number of carbonyl (C=O) groups excluding carboxylic acids is 4. The van der Waals surface area contributed by atoms with Crippen molar-refractivity contribution in [3.05, 3.63) is 24.3 Å². The second-order valence-corrected chi connectivity index (χ2v) is 32.8. The van der Waals surface area contributed by atoms with Gasteiger partial charge in [0.05, 0.1) is 26.4 Å². The van der Waals surface area contributed by atoms with Crippen molar-refractivity contribution in [1.29, 1.82) is 0 Å². The molecule has 0 amide bonds. The van der Waals surface area contributed by atoms with Crippen LogP contribution < -0.4 is 0 Å². The van der Waals surface area contributed by atoms with Crippen LogP contribution in [0.5, 0.6) is 0 Å². The van der Waals surface area contributed by atoms with Gasteiger partial charge in [-0.2, -0.15) is 0 Å². The van der Waals surface area contributed by atoms with Crippen molar-refractivity contribution in [2.75, 3.05) is 39.6 Å². The van der Waals surface area contributed by atoms with Crippen LogP contribution in [0.2, 0.25) is 0 Å². The van der Waals surface area contributed by atoms with E-state index in [-0.39, 0.29) is 25.7 Å². The molecule has 0 aliphatic rings. The zero-order valence-electron chi connectivity index (χ0n) is 65.2. The molecule has 0 rings (SSSR count). The predicted octanol–water partition coefficient (Wildman–Crippen LogP) is 23.7. The number of hydrogen-bond donors (Lipinski definition) is 3. The molecule has 590 valence electrons. The standard InChI is InChI=1S/C81H154O17P2/c1-8-9-10-11-12-13-14-15-20-25-31-36-41-50-57-64-81(86)98-77(69-92-79(84)63-56-49-44-43-47-54-61-74(6)7)71-96-100(89,90)94-67-75(82)66-93-99(87,88)95-70-76(97-80(85)65-58-51-42-37-32-27-26-29-34-39-46-53-60-73(4)5)68-91-78(83)62-55-48-40-35-30-24-22-19-17-16-18-21-23-28-33-38-45-52-59-72(2)3/h13-15,20,72-77,82H,8-12,16-19,21-71H2,1-7H3,(H,87,88)(H,89,90)/b14-13-,20-15-/t75-,76-,77-/m1/s1. The zero-order chi connectivity index (χ0) is 73.7. The van der Waals surface area contributed by atoms with Crippen molar-refractivity contribution >= 4 is 39.5 Å². The lowest BCUT2D eigenvalue weighted by atomic mass is 10.0. The molecule has 0 aliphatic heterocycles. The number of carbonyl (C=O) groups is 4. The molecule has 17 nitrogen and oxygen atoms in total. The Kier molecular flexibility index (Phi) is 69.1. The van der Waals surface area contributed by atoms with Crippen LogP contribution in [0, 0.1) is 17.8 Å². The highest BCUT2D eigenvalue weighted by atomic mass is 31.2. The number of hydrogen-bond acceptors (Lipinski definition) is 15. The summed E-state index contributed by atoms with van der Waals surface area (Å²) in [6, 6.07) is 0. The Labute approximate surface area is 612 Å². The fraction of sp³-hybridized carbons (Fsp3) is 0.901. The van der Waals surface area contributed by atoms with Gasteiger partial charge in [0.25, 0.3) is 0 Å². The molecule has 19 heteroatoms. The van der Waals surface area contributed by atoms with Crippen LogP contribution in [0.1, 0.15) is 395 Å². The van der Waals surface area contributed by atoms with Crippen LogP contribution in [-0.4, -0.2) is 96.7 Å². The van der Waals surface area contributed by atoms with E-state index in [0.29, 0.717) is 31.6 Å². The molecule has 0 heterocycles. The molecule has 100 heavy (non-hydrogen) atoms. The SMILES string of the molecule is CCCCCC/C=C\C=C/CCCCCCCC(=O)O[C@H](COC(=O)CCCCCCCCC(C)C)COP(=O)(O)OC[C@H](O)COP(=O)(O)OC[C@@H](COC(=O)CCCCCCCCCCCCCCCCCCCCC(C)C)OC(=O)CCCCCCCCCCCCCCC(C)C. The van der Waals surface area contributed by atoms with Crippen molar-refractivity contribution in [3.8, 4) is 0 Å². The fourth-order valence-corrected chi connectivity index (χ4v) is 13.5. The Hall–Kier alpha value is -2.46. The van der Waals surface area contributed by atoms with Gasteiger partial charge in [-0.25, -0.2) is 9.13 Å². The van der Waals surface area contributed by atoms with Crippen LogP contribution in [0.4, 0.5) is 0 Å². The molecule has 0 saturated carbocycles. The number of allylic oxidation sites excluding steroid dienone is 4. The quantitative estimate of drug-likeness (QED) is 0.0169. The van der Waals surface area contributed by atoms with Gasteiger partial charge >= 0.3 is 39.5 Å². The van der Waals surface area contributed by atoms with Gasteiger partial charge in [0.1, 0.15) is 19.3 Å². The van der Waals surface area contributed by atoms with Crippen LogP contribution >= 0.6 is 15.6 Å². The number of phosphoric ester groups is 2. The third kappa shape index (κ3) is 73.8. The van der Waals surface area contributed by atoms with Crippen molar-refractivity contribution < 1.29 is 80.2 Å². The molecule has 0 aromatic heterocycles. The topological polar surface area (TPSA) is 237 Å². The lowest BCUT2D eigenvalue weighted by Crippen LogP contribution is -2.30. The van der Waals surface area contributed by atoms with Gasteiger partial charge in [0.2, 0.25) is 0 Å². The summed E-state index contributed by atoms with van der Waals surface area (Å²) in [5.74, 6) is 0.128. The molecule has 0 bridgehead atoms. The van der Waals surface area contributed by atoms with E-state index in [0.717, 1.165) is 121 Å². The molecule has 0 saturated heterocycles. The summed E-state index contributed by atoms with van der Waals surface area (Å²) in [6.07, 6.45) is 62.1. The first-order valence-corrected chi connectivity index (χ1v) is 44.2. The maximum atomic E-state index is 13.1. The maximum absolute atomic E-state index is 13.1. The van der Waals surface area contributed by atoms with Gasteiger partial charge in [-0.1, -0.05) is 342 Å². The van der Waals surface area contributed by atoms with Gasteiger partial charge in [0.15, 0.2) is 12.2 Å². The highest BCUT2D eigenvalue weighted by Crippen LogP contribution is 2.45. The van der Waals surface area contributed by atoms with E-state index in [2.05, 4.69) is 72.8 Å². The van der Waals surface area contributed by atoms with Crippen LogP contribution in [0.15, 0.2) is 24.3 Å². The van der Waals surface area contributed by atoms with Gasteiger partial charge in [0, 0.05) is 25.7 Å². The monoisotopic (exact) mass is 1460 g/mol. The number of unbranched alkanes of at least 4 members (excludes halogenated alkanes) is 42. The Morgan fingerprint density at radius 3 is 0.810 bits per heavy atom. The molecule has 0 radical (unpaired) electrons. The molecule has 3 N–H and O–H groups in total. The second kappa shape index (κ2) is 70.8. The molecular weight excluding hydrogens is 1310 g/mol. The van der Waals surface area contributed by atoms with Crippen molar-refractivity contribution in [2.24, 2.45) is 17.8 Å². The lowest BCUT2D eigenvalue weighted by Gasteiger charge is -2.21. The summed E-state index contributed by atoms with van der Waals surface area (Å²) in [4.78, 5) is 72.9. The first-order valence-electron chi connectivity index (χ1n) is 41.2. The molecule has 2 unspecified atom stereocenters. The Morgan fingerprint density at radius 2 is 0.540 bits per heavy atom.